The first-order chi connectivity index (χ1) is 7.09. The predicted octanol–water partition coefficient (Wildman–Crippen LogP) is 1.70. The molecule has 2 rings (SSSR count). The zero-order valence-corrected chi connectivity index (χ0v) is 10.2. The molecule has 0 bridgehead atoms. The molecule has 3 nitrogen and oxygen atoms in total. The second-order valence-electron chi connectivity index (χ2n) is 4.08. The van der Waals surface area contributed by atoms with Crippen molar-refractivity contribution in [2.45, 2.75) is 20.3 Å². The molecule has 0 N–H and O–H groups in total. The fraction of sp³-hybridized carbons (Fsp3) is 0.545. The van der Waals surface area contributed by atoms with E-state index in [2.05, 4.69) is 18.0 Å². The van der Waals surface area contributed by atoms with Gasteiger partial charge in [0.25, 0.3) is 5.56 Å². The summed E-state index contributed by atoms with van der Waals surface area (Å²) >= 11 is 1.57. The monoisotopic (exact) mass is 224 g/mol. The van der Waals surface area contributed by atoms with Crippen molar-refractivity contribution >= 4 is 17.2 Å². The van der Waals surface area contributed by atoms with E-state index in [1.807, 2.05) is 17.8 Å². The quantitative estimate of drug-likeness (QED) is 0.725. The minimum absolute atomic E-state index is 0.160. The lowest BCUT2D eigenvalue weighted by Crippen LogP contribution is -2.27. The average molecular weight is 224 g/mol. The summed E-state index contributed by atoms with van der Waals surface area (Å²) in [5.41, 5.74) is 2.22. The first kappa shape index (κ1) is 10.6. The van der Waals surface area contributed by atoms with Gasteiger partial charge in [-0.1, -0.05) is 11.5 Å². The van der Waals surface area contributed by atoms with Crippen molar-refractivity contribution < 1.29 is 0 Å². The Labute approximate surface area is 93.8 Å². The molecule has 1 aromatic heterocycles. The molecule has 1 aliphatic rings. The summed E-state index contributed by atoms with van der Waals surface area (Å²) in [6.45, 7) is 5.89. The van der Waals surface area contributed by atoms with Crippen LogP contribution in [0.3, 0.4) is 0 Å². The number of likely N-dealkylation sites (N-methyl/N-ethyl adjacent to an activating group) is 1. The van der Waals surface area contributed by atoms with Gasteiger partial charge in [-0.25, -0.2) is 3.96 Å². The fourth-order valence-electron chi connectivity index (χ4n) is 1.68. The molecular weight excluding hydrogens is 208 g/mol. The van der Waals surface area contributed by atoms with Crippen LogP contribution in [0.2, 0.25) is 0 Å². The lowest BCUT2D eigenvalue weighted by Gasteiger charge is -2.21. The van der Waals surface area contributed by atoms with Gasteiger partial charge >= 0.3 is 0 Å². The Morgan fingerprint density at radius 2 is 2.13 bits per heavy atom. The van der Waals surface area contributed by atoms with E-state index in [0.717, 1.165) is 30.0 Å². The Morgan fingerprint density at radius 1 is 1.40 bits per heavy atom. The number of aryl methyl sites for hydroxylation is 1. The Bertz CT molecular complexity index is 456. The van der Waals surface area contributed by atoms with E-state index in [9.17, 15) is 4.79 Å². The molecule has 0 aromatic carbocycles. The van der Waals surface area contributed by atoms with Gasteiger partial charge in [0, 0.05) is 35.6 Å². The molecule has 0 fully saturated rings. The van der Waals surface area contributed by atoms with Crippen LogP contribution in [-0.2, 0) is 0 Å². The summed E-state index contributed by atoms with van der Waals surface area (Å²) < 4.78 is 1.84. The Kier molecular flexibility index (Phi) is 2.80. The number of aromatic nitrogens is 1. The SMILES string of the molecule is Cc1sn(C2=CCN(C)CC2)c(=O)c1C. The number of hydrogen-bond donors (Lipinski definition) is 0. The van der Waals surface area contributed by atoms with Gasteiger partial charge in [-0.2, -0.15) is 0 Å². The van der Waals surface area contributed by atoms with Gasteiger partial charge < -0.3 is 4.90 Å². The molecule has 0 radical (unpaired) electrons. The number of rotatable bonds is 1. The van der Waals surface area contributed by atoms with E-state index in [1.54, 1.807) is 11.5 Å². The molecule has 82 valence electrons. The molecule has 0 unspecified atom stereocenters. The van der Waals surface area contributed by atoms with Crippen LogP contribution < -0.4 is 5.56 Å². The molecule has 0 spiro atoms. The van der Waals surface area contributed by atoms with E-state index >= 15 is 0 Å². The van der Waals surface area contributed by atoms with Crippen LogP contribution in [-0.4, -0.2) is 29.0 Å². The highest BCUT2D eigenvalue weighted by atomic mass is 32.1. The minimum atomic E-state index is 0.160. The lowest BCUT2D eigenvalue weighted by atomic mass is 10.2. The third-order valence-corrected chi connectivity index (χ3v) is 4.07. The average Bonchev–Trinajstić information content (AvgIpc) is 2.47. The highest BCUT2D eigenvalue weighted by molar-refractivity contribution is 7.07. The summed E-state index contributed by atoms with van der Waals surface area (Å²) in [6, 6.07) is 0. The normalized spacial score (nSPS) is 17.9. The minimum Gasteiger partial charge on any atom is -0.302 e. The molecule has 0 saturated carbocycles. The van der Waals surface area contributed by atoms with Gasteiger partial charge in [0.1, 0.15) is 0 Å². The summed E-state index contributed by atoms with van der Waals surface area (Å²) in [5, 5.41) is 0. The Hall–Kier alpha value is -0.870. The van der Waals surface area contributed by atoms with E-state index in [1.165, 1.54) is 5.70 Å². The van der Waals surface area contributed by atoms with Crippen molar-refractivity contribution in [1.82, 2.24) is 8.86 Å². The summed E-state index contributed by atoms with van der Waals surface area (Å²) in [6.07, 6.45) is 3.12. The van der Waals surface area contributed by atoms with Crippen LogP contribution in [0.1, 0.15) is 16.9 Å². The maximum absolute atomic E-state index is 11.9. The third kappa shape index (κ3) is 1.92. The van der Waals surface area contributed by atoms with E-state index in [0.29, 0.717) is 0 Å². The van der Waals surface area contributed by atoms with Crippen LogP contribution in [0.25, 0.3) is 5.70 Å². The Morgan fingerprint density at radius 3 is 2.60 bits per heavy atom. The van der Waals surface area contributed by atoms with E-state index in [-0.39, 0.29) is 5.56 Å². The van der Waals surface area contributed by atoms with Gasteiger partial charge in [0.05, 0.1) is 0 Å². The summed E-state index contributed by atoms with van der Waals surface area (Å²) in [7, 11) is 2.10. The first-order valence-corrected chi connectivity index (χ1v) is 5.94. The molecule has 2 heterocycles. The first-order valence-electron chi connectivity index (χ1n) is 5.17. The van der Waals surface area contributed by atoms with Crippen LogP contribution in [0.15, 0.2) is 10.9 Å². The summed E-state index contributed by atoms with van der Waals surface area (Å²) in [4.78, 5) is 15.3. The van der Waals surface area contributed by atoms with Crippen molar-refractivity contribution in [3.05, 3.63) is 26.9 Å². The highest BCUT2D eigenvalue weighted by Gasteiger charge is 2.14. The van der Waals surface area contributed by atoms with Crippen molar-refractivity contribution in [3.8, 4) is 0 Å². The predicted molar refractivity (Wildman–Crippen MR) is 64.4 cm³/mol. The molecule has 1 aromatic rings. The Balaban J connectivity index is 2.39. The number of nitrogens with zero attached hydrogens (tertiary/aromatic N) is 2. The van der Waals surface area contributed by atoms with E-state index in [4.69, 9.17) is 0 Å². The second kappa shape index (κ2) is 3.94. The van der Waals surface area contributed by atoms with Crippen molar-refractivity contribution in [2.24, 2.45) is 0 Å². The van der Waals surface area contributed by atoms with Crippen LogP contribution in [0, 0.1) is 13.8 Å². The highest BCUT2D eigenvalue weighted by Crippen LogP contribution is 2.19. The molecular formula is C11H16N2OS. The van der Waals surface area contributed by atoms with Gasteiger partial charge in [-0.3, -0.25) is 4.79 Å². The number of hydrogen-bond acceptors (Lipinski definition) is 3. The zero-order valence-electron chi connectivity index (χ0n) is 9.41. The van der Waals surface area contributed by atoms with Crippen LogP contribution >= 0.6 is 11.5 Å². The molecule has 0 atom stereocenters. The smallest absolute Gasteiger partial charge is 0.268 e. The fourth-order valence-corrected chi connectivity index (χ4v) is 2.68. The van der Waals surface area contributed by atoms with Gasteiger partial charge in [-0.05, 0) is 27.0 Å². The molecule has 0 aliphatic carbocycles. The maximum atomic E-state index is 11.9. The van der Waals surface area contributed by atoms with Gasteiger partial charge in [0.2, 0.25) is 0 Å². The topological polar surface area (TPSA) is 25.2 Å². The molecule has 0 amide bonds. The van der Waals surface area contributed by atoms with Crippen molar-refractivity contribution in [1.29, 1.82) is 0 Å². The third-order valence-electron chi connectivity index (χ3n) is 2.91. The van der Waals surface area contributed by atoms with E-state index < -0.39 is 0 Å². The molecule has 15 heavy (non-hydrogen) atoms. The van der Waals surface area contributed by atoms with Crippen LogP contribution in [0.4, 0.5) is 0 Å². The molecule has 0 saturated heterocycles. The maximum Gasteiger partial charge on any atom is 0.268 e. The van der Waals surface area contributed by atoms with Gasteiger partial charge in [0.15, 0.2) is 0 Å². The molecule has 1 aliphatic heterocycles. The van der Waals surface area contributed by atoms with Crippen molar-refractivity contribution in [2.75, 3.05) is 20.1 Å². The molecule has 4 heteroatoms. The lowest BCUT2D eigenvalue weighted by molar-refractivity contribution is 0.367. The van der Waals surface area contributed by atoms with Crippen LogP contribution in [0.5, 0.6) is 0 Å². The standard InChI is InChI=1S/C11H16N2OS/c1-8-9(2)15-13(11(8)14)10-4-6-12(3)7-5-10/h4H,5-7H2,1-3H3. The van der Waals surface area contributed by atoms with Gasteiger partial charge in [-0.15, -0.1) is 0 Å². The second-order valence-corrected chi connectivity index (χ2v) is 5.24. The largest absolute Gasteiger partial charge is 0.302 e. The zero-order chi connectivity index (χ0) is 11.0. The summed E-state index contributed by atoms with van der Waals surface area (Å²) in [5.74, 6) is 0. The van der Waals surface area contributed by atoms with Crippen molar-refractivity contribution in [3.63, 3.8) is 0 Å².